The van der Waals surface area contributed by atoms with E-state index in [9.17, 15) is 0 Å². The summed E-state index contributed by atoms with van der Waals surface area (Å²) < 4.78 is 0. The molecule has 21 heavy (non-hydrogen) atoms. The number of nitrogens with two attached hydrogens (primary N) is 1. The van der Waals surface area contributed by atoms with Gasteiger partial charge < -0.3 is 5.73 Å². The fourth-order valence-electron chi connectivity index (χ4n) is 3.42. The molecule has 0 amide bonds. The lowest BCUT2D eigenvalue weighted by atomic mass is 9.84. The van der Waals surface area contributed by atoms with Gasteiger partial charge in [-0.05, 0) is 62.8 Å². The largest absolute Gasteiger partial charge is 0.389 e. The van der Waals surface area contributed by atoms with Crippen molar-refractivity contribution in [1.82, 2.24) is 4.90 Å². The van der Waals surface area contributed by atoms with E-state index in [4.69, 9.17) is 18.0 Å². The molecule has 0 bridgehead atoms. The third-order valence-electron chi connectivity index (χ3n) is 5.06. The molecule has 0 heterocycles. The molecule has 2 N–H and O–H groups in total. The molecule has 1 aromatic carbocycles. The van der Waals surface area contributed by atoms with E-state index in [2.05, 4.69) is 37.9 Å². The summed E-state index contributed by atoms with van der Waals surface area (Å²) in [5.41, 5.74) is 9.34. The lowest BCUT2D eigenvalue weighted by Gasteiger charge is -2.34. The summed E-state index contributed by atoms with van der Waals surface area (Å²) in [4.78, 5) is 3.00. The lowest BCUT2D eigenvalue weighted by molar-refractivity contribution is 0.157. The van der Waals surface area contributed by atoms with Crippen molar-refractivity contribution in [3.8, 4) is 0 Å². The summed E-state index contributed by atoms with van der Waals surface area (Å²) in [7, 11) is 2.26. The number of hydrogen-bond donors (Lipinski definition) is 1. The molecule has 3 heteroatoms. The molecule has 0 aliphatic heterocycles. The van der Waals surface area contributed by atoms with Gasteiger partial charge in [0, 0.05) is 18.2 Å². The van der Waals surface area contributed by atoms with Gasteiger partial charge in [0.2, 0.25) is 0 Å². The van der Waals surface area contributed by atoms with Crippen LogP contribution in [0.1, 0.15) is 55.7 Å². The second-order valence-electron chi connectivity index (χ2n) is 6.50. The Bertz CT molecular complexity index is 490. The van der Waals surface area contributed by atoms with Gasteiger partial charge in [0.15, 0.2) is 0 Å². The molecule has 1 saturated carbocycles. The minimum Gasteiger partial charge on any atom is -0.389 e. The van der Waals surface area contributed by atoms with Crippen molar-refractivity contribution in [2.45, 2.75) is 58.5 Å². The van der Waals surface area contributed by atoms with Crippen molar-refractivity contribution in [2.24, 2.45) is 11.7 Å². The maximum atomic E-state index is 5.70. The first-order chi connectivity index (χ1) is 10.0. The standard InChI is InChI=1S/C18H28N2S/c1-4-14-5-9-17(10-6-14)20(3)12-16-8-7-15(18(19)21)11-13(16)2/h7-8,11,14,17H,4-6,9-10,12H2,1-3H3,(H2,19,21). The Morgan fingerprint density at radius 1 is 1.29 bits per heavy atom. The minimum absolute atomic E-state index is 0.482. The Morgan fingerprint density at radius 2 is 1.95 bits per heavy atom. The van der Waals surface area contributed by atoms with E-state index in [1.54, 1.807) is 0 Å². The zero-order valence-corrected chi connectivity index (χ0v) is 14.4. The number of aryl methyl sites for hydroxylation is 1. The third kappa shape index (κ3) is 4.27. The quantitative estimate of drug-likeness (QED) is 0.833. The average Bonchev–Trinajstić information content (AvgIpc) is 2.49. The highest BCUT2D eigenvalue weighted by Gasteiger charge is 2.23. The number of hydrogen-bond acceptors (Lipinski definition) is 2. The molecule has 1 aliphatic carbocycles. The van der Waals surface area contributed by atoms with Crippen LogP contribution in [-0.2, 0) is 6.54 Å². The van der Waals surface area contributed by atoms with E-state index >= 15 is 0 Å². The van der Waals surface area contributed by atoms with Crippen LogP contribution in [0.25, 0.3) is 0 Å². The molecule has 0 spiro atoms. The van der Waals surface area contributed by atoms with Crippen molar-refractivity contribution in [3.05, 3.63) is 34.9 Å². The molecule has 1 aliphatic rings. The Hall–Kier alpha value is -0.930. The predicted molar refractivity (Wildman–Crippen MR) is 94.6 cm³/mol. The lowest BCUT2D eigenvalue weighted by Crippen LogP contribution is -2.34. The number of thiocarbonyl (C=S) groups is 1. The normalized spacial score (nSPS) is 22.5. The fourth-order valence-corrected chi connectivity index (χ4v) is 3.55. The van der Waals surface area contributed by atoms with Gasteiger partial charge in [0.25, 0.3) is 0 Å². The summed E-state index contributed by atoms with van der Waals surface area (Å²) in [6.45, 7) is 5.49. The first-order valence-corrected chi connectivity index (χ1v) is 8.51. The van der Waals surface area contributed by atoms with Crippen LogP contribution in [0.4, 0.5) is 0 Å². The van der Waals surface area contributed by atoms with Crippen LogP contribution in [0.2, 0.25) is 0 Å². The fraction of sp³-hybridized carbons (Fsp3) is 0.611. The third-order valence-corrected chi connectivity index (χ3v) is 5.30. The summed E-state index contributed by atoms with van der Waals surface area (Å²) in [5.74, 6) is 0.959. The van der Waals surface area contributed by atoms with E-state index in [0.717, 1.165) is 24.1 Å². The van der Waals surface area contributed by atoms with Crippen molar-refractivity contribution >= 4 is 17.2 Å². The monoisotopic (exact) mass is 304 g/mol. The van der Waals surface area contributed by atoms with Gasteiger partial charge in [0.1, 0.15) is 4.99 Å². The number of nitrogens with zero attached hydrogens (tertiary/aromatic N) is 1. The van der Waals surface area contributed by atoms with Gasteiger partial charge in [0.05, 0.1) is 0 Å². The molecular formula is C18H28N2S. The second kappa shape index (κ2) is 7.37. The Morgan fingerprint density at radius 3 is 2.48 bits per heavy atom. The van der Waals surface area contributed by atoms with Gasteiger partial charge in [-0.25, -0.2) is 0 Å². The molecule has 0 radical (unpaired) electrons. The van der Waals surface area contributed by atoms with E-state index in [0.29, 0.717) is 4.99 Å². The molecule has 0 atom stereocenters. The van der Waals surface area contributed by atoms with E-state index in [-0.39, 0.29) is 0 Å². The smallest absolute Gasteiger partial charge is 0.103 e. The molecule has 0 saturated heterocycles. The molecule has 0 aromatic heterocycles. The van der Waals surface area contributed by atoms with Crippen LogP contribution in [-0.4, -0.2) is 23.0 Å². The summed E-state index contributed by atoms with van der Waals surface area (Å²) >= 11 is 5.05. The van der Waals surface area contributed by atoms with Gasteiger partial charge in [-0.3, -0.25) is 4.90 Å². The maximum absolute atomic E-state index is 5.70. The summed E-state index contributed by atoms with van der Waals surface area (Å²) in [5, 5.41) is 0. The van der Waals surface area contributed by atoms with Crippen molar-refractivity contribution in [1.29, 1.82) is 0 Å². The van der Waals surface area contributed by atoms with Crippen LogP contribution < -0.4 is 5.73 Å². The van der Waals surface area contributed by atoms with Gasteiger partial charge in [-0.2, -0.15) is 0 Å². The van der Waals surface area contributed by atoms with Crippen molar-refractivity contribution < 1.29 is 0 Å². The second-order valence-corrected chi connectivity index (χ2v) is 6.94. The Labute approximate surface area is 134 Å². The van der Waals surface area contributed by atoms with Gasteiger partial charge in [-0.1, -0.05) is 37.7 Å². The van der Waals surface area contributed by atoms with Gasteiger partial charge >= 0.3 is 0 Å². The molecule has 2 nitrogen and oxygen atoms in total. The number of benzene rings is 1. The van der Waals surface area contributed by atoms with Crippen LogP contribution in [0, 0.1) is 12.8 Å². The highest BCUT2D eigenvalue weighted by atomic mass is 32.1. The van der Waals surface area contributed by atoms with Crippen LogP contribution >= 0.6 is 12.2 Å². The Balaban J connectivity index is 1.96. The van der Waals surface area contributed by atoms with E-state index < -0.39 is 0 Å². The minimum atomic E-state index is 0.482. The van der Waals surface area contributed by atoms with Crippen LogP contribution in [0.5, 0.6) is 0 Å². The first-order valence-electron chi connectivity index (χ1n) is 8.10. The van der Waals surface area contributed by atoms with Crippen LogP contribution in [0.3, 0.4) is 0 Å². The van der Waals surface area contributed by atoms with E-state index in [1.807, 2.05) is 6.07 Å². The number of rotatable bonds is 5. The van der Waals surface area contributed by atoms with Gasteiger partial charge in [-0.15, -0.1) is 0 Å². The average molecular weight is 305 g/mol. The molecule has 116 valence electrons. The molecule has 1 fully saturated rings. The summed E-state index contributed by atoms with van der Waals surface area (Å²) in [6.07, 6.45) is 6.82. The van der Waals surface area contributed by atoms with E-state index in [1.165, 1.54) is 43.2 Å². The zero-order valence-electron chi connectivity index (χ0n) is 13.6. The predicted octanol–water partition coefficient (Wildman–Crippen LogP) is 4.03. The first kappa shape index (κ1) is 16.4. The summed E-state index contributed by atoms with van der Waals surface area (Å²) in [6, 6.07) is 7.08. The molecule has 2 rings (SSSR count). The van der Waals surface area contributed by atoms with Crippen molar-refractivity contribution in [2.75, 3.05) is 7.05 Å². The topological polar surface area (TPSA) is 29.3 Å². The molecule has 0 unspecified atom stereocenters. The highest BCUT2D eigenvalue weighted by Crippen LogP contribution is 2.29. The molecule has 1 aromatic rings. The van der Waals surface area contributed by atoms with Crippen LogP contribution in [0.15, 0.2) is 18.2 Å². The van der Waals surface area contributed by atoms with Crippen molar-refractivity contribution in [3.63, 3.8) is 0 Å². The molecular weight excluding hydrogens is 276 g/mol. The zero-order chi connectivity index (χ0) is 15.4. The highest BCUT2D eigenvalue weighted by molar-refractivity contribution is 7.80. The SMILES string of the molecule is CCC1CCC(N(C)Cc2ccc(C(N)=S)cc2C)CC1. The Kier molecular flexibility index (Phi) is 5.77. The maximum Gasteiger partial charge on any atom is 0.103 e.